The highest BCUT2D eigenvalue weighted by atomic mass is 35.5. The first-order chi connectivity index (χ1) is 15.9. The fraction of sp³-hybridized carbons (Fsp3) is 0.833. The van der Waals surface area contributed by atoms with Gasteiger partial charge in [0.25, 0.3) is 0 Å². The molecular formula is C24H35ClFN3O4. The maximum Gasteiger partial charge on any atom is 0.343 e. The van der Waals surface area contributed by atoms with Gasteiger partial charge in [-0.3, -0.25) is 9.69 Å². The summed E-state index contributed by atoms with van der Waals surface area (Å²) < 4.78 is 27.8. The van der Waals surface area contributed by atoms with Crippen molar-refractivity contribution >= 4 is 23.4 Å². The van der Waals surface area contributed by atoms with Crippen molar-refractivity contribution in [1.82, 2.24) is 14.7 Å². The van der Waals surface area contributed by atoms with Crippen LogP contribution in [-0.4, -0.2) is 108 Å². The lowest BCUT2D eigenvalue weighted by atomic mass is 9.69. The van der Waals surface area contributed by atoms with Crippen LogP contribution in [-0.2, 0) is 19.1 Å². The Bertz CT molecular complexity index is 813. The van der Waals surface area contributed by atoms with Crippen LogP contribution in [0.3, 0.4) is 0 Å². The number of ketones is 1. The van der Waals surface area contributed by atoms with Gasteiger partial charge in [0, 0.05) is 30.6 Å². The Labute approximate surface area is 200 Å². The van der Waals surface area contributed by atoms with Crippen molar-refractivity contribution in [2.75, 3.05) is 39.8 Å². The minimum Gasteiger partial charge on any atom is -0.462 e. The molecule has 8 atom stereocenters. The highest BCUT2D eigenvalue weighted by Gasteiger charge is 2.60. The van der Waals surface area contributed by atoms with Gasteiger partial charge in [-0.2, -0.15) is 0 Å². The fourth-order valence-electron chi connectivity index (χ4n) is 6.69. The zero-order valence-corrected chi connectivity index (χ0v) is 20.3. The van der Waals surface area contributed by atoms with Crippen molar-refractivity contribution in [2.45, 2.75) is 80.9 Å². The second-order valence-corrected chi connectivity index (χ2v) is 10.8. The van der Waals surface area contributed by atoms with Crippen LogP contribution in [0.15, 0.2) is 11.8 Å². The number of rotatable bonds is 3. The van der Waals surface area contributed by atoms with Crippen LogP contribution in [0.1, 0.15) is 39.0 Å². The Kier molecular flexibility index (Phi) is 6.73. The third kappa shape index (κ3) is 4.21. The van der Waals surface area contributed by atoms with E-state index in [1.165, 1.54) is 0 Å². The number of carbonyl (C=O) groups excluding carboxylic acids is 2. The molecular weight excluding hydrogens is 449 g/mol. The van der Waals surface area contributed by atoms with Gasteiger partial charge in [0.15, 0.2) is 5.78 Å². The quantitative estimate of drug-likeness (QED) is 0.345. The summed E-state index contributed by atoms with van der Waals surface area (Å²) in [6.45, 7) is 5.39. The molecule has 2 aliphatic carbocycles. The molecule has 9 heteroatoms. The number of likely N-dealkylation sites (N-methyl/N-ethyl adjacent to an activating group) is 1. The highest BCUT2D eigenvalue weighted by molar-refractivity contribution is 6.20. The number of carbonyl (C=O) groups is 2. The maximum atomic E-state index is 15.9. The lowest BCUT2D eigenvalue weighted by Gasteiger charge is -2.60. The Morgan fingerprint density at radius 3 is 2.82 bits per heavy atom. The second-order valence-electron chi connectivity index (χ2n) is 10.2. The molecule has 7 nitrogen and oxygen atoms in total. The molecule has 184 valence electrons. The summed E-state index contributed by atoms with van der Waals surface area (Å²) >= 11 is 6.51. The van der Waals surface area contributed by atoms with Crippen LogP contribution in [0.25, 0.3) is 0 Å². The van der Waals surface area contributed by atoms with Crippen molar-refractivity contribution in [3.05, 3.63) is 11.8 Å². The van der Waals surface area contributed by atoms with Gasteiger partial charge in [-0.05, 0) is 59.2 Å². The van der Waals surface area contributed by atoms with Gasteiger partial charge in [0.1, 0.15) is 11.7 Å². The first kappa shape index (κ1) is 23.5. The molecule has 0 bridgehead atoms. The molecule has 0 radical (unpaired) electrons. The summed E-state index contributed by atoms with van der Waals surface area (Å²) in [5, 5.41) is 0.0218. The average molecular weight is 484 g/mol. The molecule has 3 aliphatic heterocycles. The minimum absolute atomic E-state index is 0.0218. The van der Waals surface area contributed by atoms with E-state index in [0.29, 0.717) is 6.42 Å². The van der Waals surface area contributed by atoms with Crippen molar-refractivity contribution in [3.8, 4) is 0 Å². The van der Waals surface area contributed by atoms with Crippen LogP contribution in [0, 0.1) is 5.92 Å². The zero-order chi connectivity index (χ0) is 23.3. The van der Waals surface area contributed by atoms with E-state index in [-0.39, 0.29) is 47.9 Å². The van der Waals surface area contributed by atoms with Gasteiger partial charge < -0.3 is 19.3 Å². The molecule has 5 rings (SSSR count). The monoisotopic (exact) mass is 483 g/mol. The van der Waals surface area contributed by atoms with E-state index in [9.17, 15) is 9.59 Å². The van der Waals surface area contributed by atoms with Crippen LogP contribution in [0.2, 0.25) is 0 Å². The van der Waals surface area contributed by atoms with Crippen LogP contribution >= 0.6 is 11.6 Å². The summed E-state index contributed by atoms with van der Waals surface area (Å²) in [6.07, 6.45) is 3.40. The summed E-state index contributed by atoms with van der Waals surface area (Å²) in [4.78, 5) is 32.7. The van der Waals surface area contributed by atoms with Crippen molar-refractivity contribution in [3.63, 3.8) is 0 Å². The molecule has 0 amide bonds. The molecule has 8 unspecified atom stereocenters. The fourth-order valence-corrected chi connectivity index (χ4v) is 6.99. The smallest absolute Gasteiger partial charge is 0.343 e. The molecule has 0 aromatic heterocycles. The molecule has 0 spiro atoms. The number of esters is 1. The predicted molar refractivity (Wildman–Crippen MR) is 122 cm³/mol. The first-order valence-corrected chi connectivity index (χ1v) is 12.9. The SMILES string of the molecule is CCOC(=O)C1=CN2C3CCC(Cl)CC3OC3C(N4CCCN(C)CC4)C(F)CC(C1=O)C32. The van der Waals surface area contributed by atoms with E-state index in [1.807, 2.05) is 0 Å². The summed E-state index contributed by atoms with van der Waals surface area (Å²) in [5.74, 6) is -1.51. The van der Waals surface area contributed by atoms with Crippen LogP contribution in [0.4, 0.5) is 4.39 Å². The van der Waals surface area contributed by atoms with E-state index >= 15 is 4.39 Å². The van der Waals surface area contributed by atoms with Gasteiger partial charge in [-0.1, -0.05) is 0 Å². The predicted octanol–water partition coefficient (Wildman–Crippen LogP) is 1.98. The maximum absolute atomic E-state index is 15.9. The Balaban J connectivity index is 1.52. The number of nitrogens with zero attached hydrogens (tertiary/aromatic N) is 3. The normalized spacial score (nSPS) is 42.1. The van der Waals surface area contributed by atoms with Crippen molar-refractivity contribution in [2.24, 2.45) is 5.92 Å². The number of ether oxygens (including phenoxy) is 2. The number of alkyl halides is 2. The highest BCUT2D eigenvalue weighted by Crippen LogP contribution is 2.47. The number of morpholine rings is 1. The van der Waals surface area contributed by atoms with Gasteiger partial charge in [0.05, 0.1) is 36.9 Å². The molecule has 0 aromatic carbocycles. The minimum atomic E-state index is -1.20. The van der Waals surface area contributed by atoms with Crippen molar-refractivity contribution < 1.29 is 23.5 Å². The van der Waals surface area contributed by atoms with Gasteiger partial charge in [-0.25, -0.2) is 9.18 Å². The lowest BCUT2D eigenvalue weighted by molar-refractivity contribution is -0.211. The molecule has 33 heavy (non-hydrogen) atoms. The van der Waals surface area contributed by atoms with Crippen LogP contribution < -0.4 is 0 Å². The summed E-state index contributed by atoms with van der Waals surface area (Å²) in [5.41, 5.74) is 0.0487. The largest absolute Gasteiger partial charge is 0.462 e. The van der Waals surface area contributed by atoms with Gasteiger partial charge in [-0.15, -0.1) is 11.6 Å². The molecule has 2 saturated heterocycles. The molecule has 4 fully saturated rings. The zero-order valence-electron chi connectivity index (χ0n) is 19.5. The Morgan fingerprint density at radius 2 is 2.03 bits per heavy atom. The van der Waals surface area contributed by atoms with Crippen LogP contribution in [0.5, 0.6) is 0 Å². The third-order valence-corrected chi connectivity index (χ3v) is 8.64. The lowest BCUT2D eigenvalue weighted by Crippen LogP contribution is -2.73. The van der Waals surface area contributed by atoms with E-state index < -0.39 is 30.2 Å². The van der Waals surface area contributed by atoms with Gasteiger partial charge in [0.2, 0.25) is 0 Å². The number of Topliss-reactive ketones (excluding diaryl/α,β-unsaturated/α-hetero) is 1. The van der Waals surface area contributed by atoms with E-state index in [4.69, 9.17) is 21.1 Å². The molecule has 5 aliphatic rings. The van der Waals surface area contributed by atoms with E-state index in [0.717, 1.165) is 45.4 Å². The Morgan fingerprint density at radius 1 is 1.21 bits per heavy atom. The molecule has 0 N–H and O–H groups in total. The Hall–Kier alpha value is -1.22. The third-order valence-electron chi connectivity index (χ3n) is 8.24. The van der Waals surface area contributed by atoms with Crippen molar-refractivity contribution in [1.29, 1.82) is 0 Å². The van der Waals surface area contributed by atoms with Gasteiger partial charge >= 0.3 is 5.97 Å². The summed E-state index contributed by atoms with van der Waals surface area (Å²) in [7, 11) is 2.10. The number of fused-ring (bicyclic) bond motifs is 2. The summed E-state index contributed by atoms with van der Waals surface area (Å²) in [6, 6.07) is -0.627. The number of halogens is 2. The van der Waals surface area contributed by atoms with E-state index in [1.54, 1.807) is 13.1 Å². The molecule has 2 saturated carbocycles. The first-order valence-electron chi connectivity index (χ1n) is 12.5. The van der Waals surface area contributed by atoms with E-state index in [2.05, 4.69) is 21.7 Å². The number of hydrogen-bond donors (Lipinski definition) is 0. The molecule has 3 heterocycles. The molecule has 0 aromatic rings. The topological polar surface area (TPSA) is 62.3 Å². The average Bonchev–Trinajstić information content (AvgIpc) is 2.99. The number of hydrogen-bond acceptors (Lipinski definition) is 7. The standard InChI is InChI=1S/C24H35ClFN3O4/c1-3-32-24(31)16-13-29-18-6-5-14(25)11-19(18)33-23-20(29)15(22(16)30)12-17(26)21(23)28-8-4-7-27(2)9-10-28/h13-15,17-21,23H,3-12H2,1-2H3. The second kappa shape index (κ2) is 9.44.